The van der Waals surface area contributed by atoms with Crippen molar-refractivity contribution in [1.82, 2.24) is 20.2 Å². The molecule has 2 N–H and O–H groups in total. The largest absolute Gasteiger partial charge is 0.357 e. The molecule has 3 rings (SSSR count). The van der Waals surface area contributed by atoms with E-state index in [2.05, 4.69) is 58.3 Å². The van der Waals surface area contributed by atoms with Gasteiger partial charge in [0.05, 0.1) is 12.9 Å². The molecule has 1 fully saturated rings. The first-order chi connectivity index (χ1) is 12.7. The number of nitrogens with one attached hydrogen (secondary N) is 2. The van der Waals surface area contributed by atoms with Gasteiger partial charge in [0.25, 0.3) is 0 Å². The van der Waals surface area contributed by atoms with E-state index in [1.807, 2.05) is 18.7 Å². The minimum atomic E-state index is 0.491. The zero-order chi connectivity index (χ0) is 18.2. The Bertz CT molecular complexity index is 678. The molecule has 26 heavy (non-hydrogen) atoms. The summed E-state index contributed by atoms with van der Waals surface area (Å²) >= 11 is 0. The Balaban J connectivity index is 1.54. The van der Waals surface area contributed by atoms with Crippen molar-refractivity contribution in [2.75, 3.05) is 13.1 Å². The monoisotopic (exact) mass is 353 g/mol. The van der Waals surface area contributed by atoms with Gasteiger partial charge in [-0.05, 0) is 42.7 Å². The minimum Gasteiger partial charge on any atom is -0.357 e. The molecule has 2 aromatic rings. The highest BCUT2D eigenvalue weighted by Gasteiger charge is 2.34. The van der Waals surface area contributed by atoms with Crippen LogP contribution in [0, 0.1) is 5.41 Å². The summed E-state index contributed by atoms with van der Waals surface area (Å²) in [5.41, 5.74) is 2.99. The Morgan fingerprint density at radius 3 is 2.50 bits per heavy atom. The lowest BCUT2D eigenvalue weighted by molar-refractivity contribution is 0.131. The van der Waals surface area contributed by atoms with Gasteiger partial charge in [-0.3, -0.25) is 0 Å². The fourth-order valence-corrected chi connectivity index (χ4v) is 3.46. The molecule has 0 aliphatic heterocycles. The molecular formula is C21H31N5. The van der Waals surface area contributed by atoms with Crippen molar-refractivity contribution >= 4 is 5.96 Å². The lowest BCUT2D eigenvalue weighted by atomic mass is 9.67. The topological polar surface area (TPSA) is 54.2 Å². The molecule has 1 saturated carbocycles. The summed E-state index contributed by atoms with van der Waals surface area (Å²) in [5, 5.41) is 6.92. The van der Waals surface area contributed by atoms with Gasteiger partial charge < -0.3 is 15.2 Å². The Morgan fingerprint density at radius 1 is 1.15 bits per heavy atom. The van der Waals surface area contributed by atoms with E-state index in [1.165, 1.54) is 36.8 Å². The number of hydrogen-bond donors (Lipinski definition) is 2. The second-order valence-electron chi connectivity index (χ2n) is 7.31. The Labute approximate surface area is 156 Å². The van der Waals surface area contributed by atoms with Crippen LogP contribution in [0.2, 0.25) is 0 Å². The molecule has 0 spiro atoms. The molecule has 0 radical (unpaired) electrons. The highest BCUT2D eigenvalue weighted by molar-refractivity contribution is 5.79. The zero-order valence-corrected chi connectivity index (χ0v) is 16.0. The zero-order valence-electron chi connectivity index (χ0n) is 16.0. The van der Waals surface area contributed by atoms with Crippen LogP contribution in [0.25, 0.3) is 0 Å². The van der Waals surface area contributed by atoms with Crippen LogP contribution in [-0.4, -0.2) is 28.6 Å². The van der Waals surface area contributed by atoms with E-state index >= 15 is 0 Å². The van der Waals surface area contributed by atoms with E-state index in [0.29, 0.717) is 12.0 Å². The molecule has 0 saturated heterocycles. The van der Waals surface area contributed by atoms with Crippen molar-refractivity contribution in [2.24, 2.45) is 10.4 Å². The van der Waals surface area contributed by atoms with Crippen LogP contribution >= 0.6 is 0 Å². The van der Waals surface area contributed by atoms with Gasteiger partial charge in [-0.25, -0.2) is 9.98 Å². The van der Waals surface area contributed by atoms with Gasteiger partial charge in [0.2, 0.25) is 0 Å². The molecule has 1 aliphatic carbocycles. The van der Waals surface area contributed by atoms with Crippen molar-refractivity contribution in [3.63, 3.8) is 0 Å². The van der Waals surface area contributed by atoms with Crippen LogP contribution in [-0.2, 0) is 13.1 Å². The van der Waals surface area contributed by atoms with Crippen molar-refractivity contribution < 1.29 is 0 Å². The summed E-state index contributed by atoms with van der Waals surface area (Å²) in [7, 11) is 0. The molecule has 5 nitrogen and oxygen atoms in total. The van der Waals surface area contributed by atoms with Gasteiger partial charge in [-0.15, -0.1) is 0 Å². The number of imidazole rings is 1. The second-order valence-corrected chi connectivity index (χ2v) is 7.31. The summed E-state index contributed by atoms with van der Waals surface area (Å²) in [6, 6.07) is 8.68. The summed E-state index contributed by atoms with van der Waals surface area (Å²) in [4.78, 5) is 8.85. The lowest BCUT2D eigenvalue weighted by Crippen LogP contribution is -2.46. The van der Waals surface area contributed by atoms with E-state index in [9.17, 15) is 0 Å². The fraction of sp³-hybridized carbons (Fsp3) is 0.524. The van der Waals surface area contributed by atoms with Gasteiger partial charge in [-0.2, -0.15) is 0 Å². The molecule has 1 aromatic heterocycles. The van der Waals surface area contributed by atoms with Crippen LogP contribution < -0.4 is 10.6 Å². The van der Waals surface area contributed by atoms with Gasteiger partial charge in [-0.1, -0.05) is 37.6 Å². The third-order valence-electron chi connectivity index (χ3n) is 5.51. The Kier molecular flexibility index (Phi) is 6.31. The first-order valence-corrected chi connectivity index (χ1v) is 9.79. The lowest BCUT2D eigenvalue weighted by Gasteiger charge is -2.41. The van der Waals surface area contributed by atoms with Gasteiger partial charge in [0.15, 0.2) is 5.96 Å². The molecule has 0 unspecified atom stereocenters. The number of nitrogens with zero attached hydrogens (tertiary/aromatic N) is 3. The maximum Gasteiger partial charge on any atom is 0.191 e. The summed E-state index contributed by atoms with van der Waals surface area (Å²) < 4.78 is 2.07. The third-order valence-corrected chi connectivity index (χ3v) is 5.51. The highest BCUT2D eigenvalue weighted by Crippen LogP contribution is 2.42. The standard InChI is InChI=1S/C21H31N5/c1-3-21(10-5-11-21)16-25-20(23-4-2)24-14-18-6-8-19(9-7-18)15-26-13-12-22-17-26/h6-9,12-13,17H,3-5,10-11,14-16H2,1-2H3,(H2,23,24,25). The van der Waals surface area contributed by atoms with E-state index in [-0.39, 0.29) is 0 Å². The van der Waals surface area contributed by atoms with E-state index < -0.39 is 0 Å². The number of hydrogen-bond acceptors (Lipinski definition) is 2. The molecule has 5 heteroatoms. The quantitative estimate of drug-likeness (QED) is 0.563. The summed E-state index contributed by atoms with van der Waals surface area (Å²) in [6.45, 7) is 7.87. The molecule has 0 atom stereocenters. The minimum absolute atomic E-state index is 0.491. The van der Waals surface area contributed by atoms with E-state index in [0.717, 1.165) is 25.6 Å². The molecule has 1 aromatic carbocycles. The second kappa shape index (κ2) is 8.88. The fourth-order valence-electron chi connectivity index (χ4n) is 3.46. The van der Waals surface area contributed by atoms with Gasteiger partial charge in [0, 0.05) is 32.0 Å². The third kappa shape index (κ3) is 4.87. The molecule has 140 valence electrons. The number of aromatic nitrogens is 2. The van der Waals surface area contributed by atoms with Crippen LogP contribution in [0.5, 0.6) is 0 Å². The SMILES string of the molecule is CCNC(=NCc1ccc(Cn2ccnc2)cc1)NCC1(CC)CCC1. The van der Waals surface area contributed by atoms with Gasteiger partial charge >= 0.3 is 0 Å². The number of guanidine groups is 1. The first-order valence-electron chi connectivity index (χ1n) is 9.79. The normalized spacial score (nSPS) is 16.2. The summed E-state index contributed by atoms with van der Waals surface area (Å²) in [5.74, 6) is 0.926. The van der Waals surface area contributed by atoms with Crippen LogP contribution in [0.15, 0.2) is 48.0 Å². The summed E-state index contributed by atoms with van der Waals surface area (Å²) in [6.07, 6.45) is 10.9. The number of benzene rings is 1. The predicted octanol–water partition coefficient (Wildman–Crippen LogP) is 3.57. The van der Waals surface area contributed by atoms with Gasteiger partial charge in [0.1, 0.15) is 0 Å². The first kappa shape index (κ1) is 18.5. The molecule has 0 bridgehead atoms. The molecule has 1 heterocycles. The van der Waals surface area contributed by atoms with Crippen molar-refractivity contribution in [3.8, 4) is 0 Å². The van der Waals surface area contributed by atoms with Crippen molar-refractivity contribution in [1.29, 1.82) is 0 Å². The Hall–Kier alpha value is -2.30. The van der Waals surface area contributed by atoms with Crippen LogP contribution in [0.4, 0.5) is 0 Å². The molecule has 0 amide bonds. The Morgan fingerprint density at radius 2 is 1.92 bits per heavy atom. The molecule has 1 aliphatic rings. The average molecular weight is 354 g/mol. The van der Waals surface area contributed by atoms with Crippen molar-refractivity contribution in [3.05, 3.63) is 54.1 Å². The number of rotatable bonds is 8. The van der Waals surface area contributed by atoms with Crippen LogP contribution in [0.3, 0.4) is 0 Å². The van der Waals surface area contributed by atoms with Crippen LogP contribution in [0.1, 0.15) is 50.7 Å². The van der Waals surface area contributed by atoms with E-state index in [1.54, 1.807) is 0 Å². The van der Waals surface area contributed by atoms with Crippen molar-refractivity contribution in [2.45, 2.75) is 52.6 Å². The number of aliphatic imine (C=N–C) groups is 1. The smallest absolute Gasteiger partial charge is 0.191 e. The average Bonchev–Trinajstić information content (AvgIpc) is 3.13. The molecular weight excluding hydrogens is 322 g/mol. The maximum absolute atomic E-state index is 4.76. The van der Waals surface area contributed by atoms with E-state index in [4.69, 9.17) is 4.99 Å². The highest BCUT2D eigenvalue weighted by atomic mass is 15.2. The predicted molar refractivity (Wildman–Crippen MR) is 107 cm³/mol. The maximum atomic E-state index is 4.76.